The van der Waals surface area contributed by atoms with Crippen molar-refractivity contribution in [1.29, 1.82) is 0 Å². The van der Waals surface area contributed by atoms with E-state index in [1.807, 2.05) is 13.8 Å². The summed E-state index contributed by atoms with van der Waals surface area (Å²) in [7, 11) is -1.84. The molecule has 0 fully saturated rings. The topological polar surface area (TPSA) is 65.7 Å². The normalized spacial score (nSPS) is 11.3. The maximum atomic E-state index is 5.60. The second-order valence-electron chi connectivity index (χ2n) is 3.67. The lowest BCUT2D eigenvalue weighted by Gasteiger charge is -2.14. The van der Waals surface area contributed by atoms with Crippen LogP contribution in [0.5, 0.6) is 0 Å². The predicted octanol–water partition coefficient (Wildman–Crippen LogP) is 0.512. The summed E-state index contributed by atoms with van der Waals surface area (Å²) in [6, 6.07) is 0. The molecule has 0 aromatic heterocycles. The van der Waals surface area contributed by atoms with E-state index in [9.17, 15) is 0 Å². The summed E-state index contributed by atoms with van der Waals surface area (Å²) in [6.07, 6.45) is 3.39. The first-order chi connectivity index (χ1) is 8.35. The van der Waals surface area contributed by atoms with Crippen LogP contribution < -0.4 is 11.1 Å². The Morgan fingerprint density at radius 1 is 0.941 bits per heavy atom. The van der Waals surface area contributed by atoms with Crippen molar-refractivity contribution in [3.8, 4) is 0 Å². The van der Waals surface area contributed by atoms with E-state index < -0.39 is 9.53 Å². The van der Waals surface area contributed by atoms with Crippen LogP contribution in [0.4, 0.5) is 0 Å². The molecule has 3 N–H and O–H groups in total. The van der Waals surface area contributed by atoms with E-state index in [-0.39, 0.29) is 0 Å². The standard InChI is InChI=1S/C11H28N2O3Si/c1-3-14-17(15-4-2)16-11-7-5-6-9-13-10-8-12/h13,17H,3-12H2,1-2H3. The van der Waals surface area contributed by atoms with Crippen molar-refractivity contribution < 1.29 is 13.3 Å². The zero-order chi connectivity index (χ0) is 12.8. The molecule has 5 nitrogen and oxygen atoms in total. The van der Waals surface area contributed by atoms with E-state index >= 15 is 0 Å². The van der Waals surface area contributed by atoms with Gasteiger partial charge < -0.3 is 24.3 Å². The minimum Gasteiger partial charge on any atom is -0.376 e. The van der Waals surface area contributed by atoms with Gasteiger partial charge in [0.25, 0.3) is 0 Å². The van der Waals surface area contributed by atoms with Gasteiger partial charge in [-0.1, -0.05) is 0 Å². The molecule has 0 bridgehead atoms. The van der Waals surface area contributed by atoms with Crippen LogP contribution in [0.1, 0.15) is 33.1 Å². The molecule has 6 heteroatoms. The largest absolute Gasteiger partial charge is 0.484 e. The third-order valence-electron chi connectivity index (χ3n) is 2.18. The quantitative estimate of drug-likeness (QED) is 0.375. The second kappa shape index (κ2) is 14.1. The lowest BCUT2D eigenvalue weighted by Crippen LogP contribution is -2.27. The average molecular weight is 264 g/mol. The number of rotatable bonds is 13. The van der Waals surface area contributed by atoms with Gasteiger partial charge in [0.1, 0.15) is 0 Å². The number of hydrogen-bond acceptors (Lipinski definition) is 5. The molecule has 0 radical (unpaired) electrons. The van der Waals surface area contributed by atoms with Crippen LogP contribution in [-0.2, 0) is 13.3 Å². The molecule has 0 aromatic rings. The molecule has 17 heavy (non-hydrogen) atoms. The summed E-state index contributed by atoms with van der Waals surface area (Å²) in [6.45, 7) is 8.65. The fourth-order valence-corrected chi connectivity index (χ4v) is 2.54. The highest BCUT2D eigenvalue weighted by atomic mass is 28.3. The Balaban J connectivity index is 3.23. The third-order valence-corrected chi connectivity index (χ3v) is 3.90. The summed E-state index contributed by atoms with van der Waals surface area (Å²) in [4.78, 5) is 0. The smallest absolute Gasteiger partial charge is 0.376 e. The van der Waals surface area contributed by atoms with Crippen molar-refractivity contribution in [2.24, 2.45) is 5.73 Å². The summed E-state index contributed by atoms with van der Waals surface area (Å²) in [5, 5.41) is 3.27. The molecule has 0 saturated heterocycles. The molecule has 0 saturated carbocycles. The maximum Gasteiger partial charge on any atom is 0.484 e. The number of nitrogens with two attached hydrogens (primary N) is 1. The lowest BCUT2D eigenvalue weighted by molar-refractivity contribution is 0.100. The van der Waals surface area contributed by atoms with Crippen molar-refractivity contribution in [3.05, 3.63) is 0 Å². The fourth-order valence-electron chi connectivity index (χ4n) is 1.35. The van der Waals surface area contributed by atoms with Crippen LogP contribution in [0.3, 0.4) is 0 Å². The van der Waals surface area contributed by atoms with Crippen LogP contribution in [0.2, 0.25) is 0 Å². The van der Waals surface area contributed by atoms with Crippen LogP contribution in [0.25, 0.3) is 0 Å². The van der Waals surface area contributed by atoms with Crippen molar-refractivity contribution >= 4 is 9.53 Å². The van der Waals surface area contributed by atoms with Crippen molar-refractivity contribution in [2.45, 2.75) is 33.1 Å². The van der Waals surface area contributed by atoms with Crippen LogP contribution in [-0.4, -0.2) is 49.0 Å². The predicted molar refractivity (Wildman–Crippen MR) is 72.1 cm³/mol. The number of unbranched alkanes of at least 4 members (excludes halogenated alkanes) is 2. The molecule has 0 aliphatic rings. The van der Waals surface area contributed by atoms with E-state index in [0.717, 1.165) is 32.5 Å². The highest BCUT2D eigenvalue weighted by molar-refractivity contribution is 6.36. The zero-order valence-corrected chi connectivity index (χ0v) is 12.4. The Hall–Kier alpha value is 0.0169. The van der Waals surface area contributed by atoms with Gasteiger partial charge in [-0.05, 0) is 39.7 Å². The van der Waals surface area contributed by atoms with Crippen molar-refractivity contribution in [1.82, 2.24) is 5.32 Å². The van der Waals surface area contributed by atoms with Crippen molar-refractivity contribution in [2.75, 3.05) is 39.5 Å². The highest BCUT2D eigenvalue weighted by Gasteiger charge is 2.12. The van der Waals surface area contributed by atoms with Crippen LogP contribution in [0.15, 0.2) is 0 Å². The molecule has 0 spiro atoms. The minimum absolute atomic E-state index is 0.667. The molecular weight excluding hydrogens is 236 g/mol. The summed E-state index contributed by atoms with van der Waals surface area (Å²) in [5.74, 6) is 0. The molecule has 0 aromatic carbocycles. The first-order valence-electron chi connectivity index (χ1n) is 6.60. The monoisotopic (exact) mass is 264 g/mol. The maximum absolute atomic E-state index is 5.60. The Labute approximate surface area is 107 Å². The third kappa shape index (κ3) is 12.3. The van der Waals surface area contributed by atoms with Gasteiger partial charge in [-0.2, -0.15) is 0 Å². The molecule has 0 rings (SSSR count). The van der Waals surface area contributed by atoms with E-state index in [0.29, 0.717) is 19.8 Å². The number of nitrogens with one attached hydrogen (secondary N) is 1. The summed E-state index contributed by atoms with van der Waals surface area (Å²) in [5.41, 5.74) is 5.38. The molecule has 0 heterocycles. The van der Waals surface area contributed by atoms with Gasteiger partial charge in [-0.25, -0.2) is 0 Å². The van der Waals surface area contributed by atoms with Crippen LogP contribution in [0, 0.1) is 0 Å². The Morgan fingerprint density at radius 2 is 1.65 bits per heavy atom. The van der Waals surface area contributed by atoms with Gasteiger partial charge >= 0.3 is 9.53 Å². The summed E-state index contributed by atoms with van der Waals surface area (Å²) < 4.78 is 16.4. The Kier molecular flexibility index (Phi) is 14.1. The molecule has 0 aliphatic carbocycles. The van der Waals surface area contributed by atoms with Gasteiger partial charge in [0.15, 0.2) is 0 Å². The molecule has 0 unspecified atom stereocenters. The first-order valence-corrected chi connectivity index (χ1v) is 8.02. The Bertz CT molecular complexity index is 147. The van der Waals surface area contributed by atoms with E-state index in [1.165, 1.54) is 6.42 Å². The zero-order valence-electron chi connectivity index (χ0n) is 11.2. The fraction of sp³-hybridized carbons (Fsp3) is 1.00. The SMILES string of the molecule is CCO[SiH](OCC)OCCCCCNCCN. The second-order valence-corrected chi connectivity index (χ2v) is 5.25. The van der Waals surface area contributed by atoms with Gasteiger partial charge in [0.05, 0.1) is 0 Å². The van der Waals surface area contributed by atoms with E-state index in [1.54, 1.807) is 0 Å². The molecule has 0 amide bonds. The minimum atomic E-state index is -1.84. The molecule has 0 aliphatic heterocycles. The van der Waals surface area contributed by atoms with Gasteiger partial charge in [-0.15, -0.1) is 0 Å². The molecule has 0 atom stereocenters. The van der Waals surface area contributed by atoms with E-state index in [4.69, 9.17) is 19.0 Å². The highest BCUT2D eigenvalue weighted by Crippen LogP contribution is 1.98. The average Bonchev–Trinajstić information content (AvgIpc) is 2.33. The van der Waals surface area contributed by atoms with Gasteiger partial charge in [-0.3, -0.25) is 0 Å². The van der Waals surface area contributed by atoms with Crippen molar-refractivity contribution in [3.63, 3.8) is 0 Å². The van der Waals surface area contributed by atoms with Crippen LogP contribution >= 0.6 is 0 Å². The Morgan fingerprint density at radius 3 is 2.24 bits per heavy atom. The van der Waals surface area contributed by atoms with Gasteiger partial charge in [0.2, 0.25) is 0 Å². The first kappa shape index (κ1) is 17.0. The molecular formula is C11H28N2O3Si. The number of hydrogen-bond donors (Lipinski definition) is 2. The molecule has 104 valence electrons. The van der Waals surface area contributed by atoms with Gasteiger partial charge in [0, 0.05) is 32.9 Å². The van der Waals surface area contributed by atoms with E-state index in [2.05, 4.69) is 5.32 Å². The summed E-state index contributed by atoms with van der Waals surface area (Å²) >= 11 is 0. The lowest BCUT2D eigenvalue weighted by atomic mass is 10.2.